The van der Waals surface area contributed by atoms with Gasteiger partial charge in [-0.25, -0.2) is 0 Å². The summed E-state index contributed by atoms with van der Waals surface area (Å²) in [5, 5.41) is 21.3. The minimum atomic E-state index is -1.63. The van der Waals surface area contributed by atoms with E-state index in [4.69, 9.17) is 4.43 Å². The lowest BCUT2D eigenvalue weighted by Gasteiger charge is -2.37. The first-order chi connectivity index (χ1) is 16.0. The molecule has 0 spiro atoms. The average Bonchev–Trinajstić information content (AvgIpc) is 2.71. The molecule has 2 N–H and O–H groups in total. The van der Waals surface area contributed by atoms with E-state index in [1.54, 1.807) is 0 Å². The van der Waals surface area contributed by atoms with Gasteiger partial charge in [0, 0.05) is 13.2 Å². The number of unbranched alkanes of at least 4 members (excludes halogenated alkanes) is 7. The molecule has 0 aromatic rings. The first-order valence-electron chi connectivity index (χ1n) is 14.7. The fourth-order valence-electron chi connectivity index (χ4n) is 3.99. The van der Waals surface area contributed by atoms with Gasteiger partial charge in [0.15, 0.2) is 8.32 Å². The summed E-state index contributed by atoms with van der Waals surface area (Å²) in [5.41, 5.74) is -0.532. The van der Waals surface area contributed by atoms with E-state index in [1.165, 1.54) is 38.3 Å². The molecule has 2 unspecified atom stereocenters. The maximum atomic E-state index is 11.3. The maximum Gasteiger partial charge on any atom is 0.191 e. The van der Waals surface area contributed by atoms with Gasteiger partial charge in [0.05, 0.1) is 13.3 Å². The zero-order valence-electron chi connectivity index (χ0n) is 25.6. The zero-order chi connectivity index (χ0) is 27.2. The van der Waals surface area contributed by atoms with Gasteiger partial charge in [-0.05, 0) is 74.3 Å². The van der Waals surface area contributed by atoms with Gasteiger partial charge in [-0.3, -0.25) is 0 Å². The van der Waals surface area contributed by atoms with E-state index in [0.29, 0.717) is 5.04 Å². The second-order valence-corrected chi connectivity index (χ2v) is 29.4. The van der Waals surface area contributed by atoms with Crippen molar-refractivity contribution in [3.05, 3.63) is 0 Å². The highest BCUT2D eigenvalue weighted by molar-refractivity contribution is 7.82. The van der Waals surface area contributed by atoms with Crippen molar-refractivity contribution in [2.24, 2.45) is 0 Å². The Hall–Kier alpha value is 0.744. The molecular weight excluding hydrogens is 483 g/mol. The van der Waals surface area contributed by atoms with Gasteiger partial charge >= 0.3 is 0 Å². The van der Waals surface area contributed by atoms with Crippen molar-refractivity contribution in [3.63, 3.8) is 0 Å². The molecule has 6 heteroatoms. The van der Waals surface area contributed by atoms with Crippen molar-refractivity contribution in [3.8, 4) is 0 Å². The summed E-state index contributed by atoms with van der Waals surface area (Å²) in [5.74, 6) is 0. The second kappa shape index (κ2) is 16.7. The van der Waals surface area contributed by atoms with Crippen molar-refractivity contribution in [1.29, 1.82) is 0 Å². The van der Waals surface area contributed by atoms with E-state index in [2.05, 4.69) is 67.7 Å². The first kappa shape index (κ1) is 35.7. The highest BCUT2D eigenvalue weighted by Gasteiger charge is 2.37. The number of hydrogen-bond donors (Lipinski definition) is 2. The zero-order valence-corrected chi connectivity index (χ0v) is 28.6. The third-order valence-corrected chi connectivity index (χ3v) is 24.3. The lowest BCUT2D eigenvalue weighted by Crippen LogP contribution is -2.40. The van der Waals surface area contributed by atoms with E-state index in [9.17, 15) is 10.2 Å². The Labute approximate surface area is 224 Å². The maximum absolute atomic E-state index is 11.3. The summed E-state index contributed by atoms with van der Waals surface area (Å²) in [7, 11) is -1.57. The lowest BCUT2D eigenvalue weighted by atomic mass is 9.85. The molecule has 0 heterocycles. The predicted molar refractivity (Wildman–Crippen MR) is 166 cm³/mol. The van der Waals surface area contributed by atoms with Gasteiger partial charge in [-0.15, -0.1) is 8.13 Å². The summed E-state index contributed by atoms with van der Waals surface area (Å²) in [6.45, 7) is 25.0. The molecule has 0 aliphatic heterocycles. The Kier molecular flexibility index (Phi) is 17.0. The number of aliphatic hydroxyl groups excluding tert-OH is 1. The van der Waals surface area contributed by atoms with Crippen LogP contribution in [0.2, 0.25) is 36.3 Å². The molecule has 0 aromatic carbocycles. The average molecular weight is 549 g/mol. The standard InChI is InChI=1S/C29H65O3PSi2/c1-27(2,3)34(7,8)32-25-19-13-11-15-21-29(31,23-17-18-24-30)22-16-12-14-20-26-33-35(9,10)28(4,5)6/h30-31,33H,11-26H2,1-10H3. The van der Waals surface area contributed by atoms with Crippen molar-refractivity contribution >= 4 is 24.2 Å². The molecule has 0 aliphatic rings. The largest absolute Gasteiger partial charge is 0.417 e. The molecule has 3 nitrogen and oxygen atoms in total. The normalized spacial score (nSPS) is 15.8. The summed E-state index contributed by atoms with van der Waals surface area (Å²) in [6, 6.07) is 0. The van der Waals surface area contributed by atoms with Gasteiger partial charge < -0.3 is 14.6 Å². The molecule has 0 aliphatic carbocycles. The smallest absolute Gasteiger partial charge is 0.191 e. The molecule has 0 rings (SSSR count). The Bertz CT molecular complexity index is 499. The van der Waals surface area contributed by atoms with Crippen LogP contribution in [0, 0.1) is 0 Å². The molecule has 0 amide bonds. The van der Waals surface area contributed by atoms with Gasteiger partial charge in [-0.1, -0.05) is 93.2 Å². The van der Waals surface area contributed by atoms with Gasteiger partial charge in [0.2, 0.25) is 0 Å². The highest BCUT2D eigenvalue weighted by atomic mass is 31.3. The number of aliphatic hydroxyl groups is 2. The Morgan fingerprint density at radius 3 is 1.54 bits per heavy atom. The molecule has 0 bridgehead atoms. The Balaban J connectivity index is 4.23. The third kappa shape index (κ3) is 15.7. The van der Waals surface area contributed by atoms with E-state index >= 15 is 0 Å². The molecule has 0 aromatic heterocycles. The van der Waals surface area contributed by atoms with Crippen LogP contribution >= 0.6 is 8.13 Å². The van der Waals surface area contributed by atoms with Crippen LogP contribution in [0.3, 0.4) is 0 Å². The van der Waals surface area contributed by atoms with E-state index in [0.717, 1.165) is 66.1 Å². The Morgan fingerprint density at radius 1 is 0.629 bits per heavy atom. The summed E-state index contributed by atoms with van der Waals surface area (Å²) >= 11 is 0. The molecule has 0 saturated carbocycles. The number of hydrogen-bond acceptors (Lipinski definition) is 3. The summed E-state index contributed by atoms with van der Waals surface area (Å²) < 4.78 is 6.30. The minimum absolute atomic E-state index is 0.235. The van der Waals surface area contributed by atoms with Crippen molar-refractivity contribution in [1.82, 2.24) is 0 Å². The molecule has 212 valence electrons. The Morgan fingerprint density at radius 2 is 1.09 bits per heavy atom. The second-order valence-electron chi connectivity index (χ2n) is 14.1. The summed E-state index contributed by atoms with van der Waals surface area (Å²) in [6.07, 6.45) is 15.5. The lowest BCUT2D eigenvalue weighted by molar-refractivity contribution is 0.00631. The first-order valence-corrected chi connectivity index (χ1v) is 22.8. The number of rotatable bonds is 20. The molecule has 2 atom stereocenters. The van der Waals surface area contributed by atoms with Crippen LogP contribution in [0.15, 0.2) is 0 Å². The van der Waals surface area contributed by atoms with Gasteiger partial charge in [-0.2, -0.15) is 0 Å². The fraction of sp³-hybridized carbons (Fsp3) is 1.00. The van der Waals surface area contributed by atoms with Crippen molar-refractivity contribution < 1.29 is 14.6 Å². The van der Waals surface area contributed by atoms with Crippen LogP contribution in [0.4, 0.5) is 0 Å². The van der Waals surface area contributed by atoms with Crippen molar-refractivity contribution in [2.75, 3.05) is 19.4 Å². The van der Waals surface area contributed by atoms with Crippen LogP contribution in [0.5, 0.6) is 0 Å². The molecule has 35 heavy (non-hydrogen) atoms. The monoisotopic (exact) mass is 548 g/mol. The van der Waals surface area contributed by atoms with Gasteiger partial charge in [0.1, 0.15) is 0 Å². The minimum Gasteiger partial charge on any atom is -0.417 e. The van der Waals surface area contributed by atoms with Crippen LogP contribution < -0.4 is 0 Å². The van der Waals surface area contributed by atoms with Crippen LogP contribution in [0.25, 0.3) is 0 Å². The van der Waals surface area contributed by atoms with Crippen LogP contribution in [-0.2, 0) is 4.43 Å². The topological polar surface area (TPSA) is 49.7 Å². The van der Waals surface area contributed by atoms with E-state index < -0.39 is 21.7 Å². The SMILES string of the molecule is CC(C)(C)[Si](C)(C)OCCCCCCC(O)(CCCCO)CCCCCCP[Si](C)(C)C(C)(C)C. The predicted octanol–water partition coefficient (Wildman–Crippen LogP) is 9.49. The third-order valence-electron chi connectivity index (χ3n) is 8.87. The van der Waals surface area contributed by atoms with Crippen LogP contribution in [0.1, 0.15) is 125 Å². The van der Waals surface area contributed by atoms with Gasteiger partial charge in [0.25, 0.3) is 0 Å². The van der Waals surface area contributed by atoms with Crippen LogP contribution in [-0.4, -0.2) is 51.2 Å². The molecule has 0 fully saturated rings. The highest BCUT2D eigenvalue weighted by Crippen LogP contribution is 2.47. The van der Waals surface area contributed by atoms with E-state index in [1.807, 2.05) is 0 Å². The molecule has 0 radical (unpaired) electrons. The van der Waals surface area contributed by atoms with Crippen molar-refractivity contribution in [2.45, 2.75) is 167 Å². The fourth-order valence-corrected chi connectivity index (χ4v) is 10.7. The quantitative estimate of drug-likeness (QED) is 0.0904. The molecule has 0 saturated heterocycles. The molecular formula is C29H65O3PSi2. The summed E-state index contributed by atoms with van der Waals surface area (Å²) in [4.78, 5) is 0. The van der Waals surface area contributed by atoms with E-state index in [-0.39, 0.29) is 11.6 Å².